The molecule has 6 nitrogen and oxygen atoms in total. The standard InChI is InChI=1S/C23H28N4O2/c1-22(2)12-17(22)20(28)26-15-7-5-14(6-8-15)25-19-11-16(9-10-24-19)27-21(29)18-13-23(18,3)4/h5-11,17-18H,12-13H2,1-4H3,(H,26,28)(H2,24,25,27,29). The number of amides is 2. The van der Waals surface area contributed by atoms with Crippen LogP contribution in [0.2, 0.25) is 0 Å². The number of rotatable bonds is 6. The first-order valence-electron chi connectivity index (χ1n) is 10.1. The summed E-state index contributed by atoms with van der Waals surface area (Å²) < 4.78 is 0. The van der Waals surface area contributed by atoms with Gasteiger partial charge in [-0.3, -0.25) is 9.59 Å². The van der Waals surface area contributed by atoms with Crippen LogP contribution in [0.3, 0.4) is 0 Å². The maximum absolute atomic E-state index is 12.3. The number of nitrogens with zero attached hydrogens (tertiary/aromatic N) is 1. The van der Waals surface area contributed by atoms with Gasteiger partial charge in [0.1, 0.15) is 5.82 Å². The van der Waals surface area contributed by atoms with Crippen LogP contribution in [-0.2, 0) is 9.59 Å². The van der Waals surface area contributed by atoms with Crippen LogP contribution < -0.4 is 16.0 Å². The SMILES string of the molecule is CC1(C)CC1C(=O)Nc1ccc(Nc2cc(NC(=O)C3CC3(C)C)ccn2)cc1. The molecule has 1 aromatic heterocycles. The molecule has 1 heterocycles. The minimum Gasteiger partial charge on any atom is -0.340 e. The Morgan fingerprint density at radius 1 is 0.828 bits per heavy atom. The third-order valence-corrected chi connectivity index (χ3v) is 6.11. The van der Waals surface area contributed by atoms with Crippen molar-refractivity contribution in [1.29, 1.82) is 0 Å². The largest absolute Gasteiger partial charge is 0.340 e. The lowest BCUT2D eigenvalue weighted by Crippen LogP contribution is -2.16. The van der Waals surface area contributed by atoms with Gasteiger partial charge in [0.2, 0.25) is 11.8 Å². The van der Waals surface area contributed by atoms with E-state index < -0.39 is 0 Å². The number of hydrogen-bond acceptors (Lipinski definition) is 4. The van der Waals surface area contributed by atoms with Crippen molar-refractivity contribution >= 4 is 34.7 Å². The minimum atomic E-state index is 0.0612. The van der Waals surface area contributed by atoms with Crippen LogP contribution in [0, 0.1) is 22.7 Å². The first kappa shape index (κ1) is 19.4. The van der Waals surface area contributed by atoms with E-state index >= 15 is 0 Å². The highest BCUT2D eigenvalue weighted by atomic mass is 16.2. The van der Waals surface area contributed by atoms with Gasteiger partial charge in [0.15, 0.2) is 0 Å². The van der Waals surface area contributed by atoms with Crippen molar-refractivity contribution in [3.8, 4) is 0 Å². The molecule has 1 aromatic carbocycles. The second kappa shape index (κ2) is 6.87. The number of anilines is 4. The van der Waals surface area contributed by atoms with Crippen LogP contribution in [-0.4, -0.2) is 16.8 Å². The quantitative estimate of drug-likeness (QED) is 0.660. The molecule has 0 saturated heterocycles. The molecule has 0 spiro atoms. The van der Waals surface area contributed by atoms with Crippen molar-refractivity contribution in [2.24, 2.45) is 22.7 Å². The Kier molecular flexibility index (Phi) is 4.60. The van der Waals surface area contributed by atoms with Crippen molar-refractivity contribution in [3.63, 3.8) is 0 Å². The average Bonchev–Trinajstić information content (AvgIpc) is 3.50. The van der Waals surface area contributed by atoms with E-state index in [2.05, 4.69) is 48.6 Å². The van der Waals surface area contributed by atoms with Gasteiger partial charge in [-0.25, -0.2) is 4.98 Å². The average molecular weight is 393 g/mol. The van der Waals surface area contributed by atoms with Crippen molar-refractivity contribution in [2.45, 2.75) is 40.5 Å². The van der Waals surface area contributed by atoms with E-state index in [1.54, 1.807) is 12.3 Å². The first-order chi connectivity index (χ1) is 13.6. The Hall–Kier alpha value is -2.89. The summed E-state index contributed by atoms with van der Waals surface area (Å²) in [7, 11) is 0. The molecule has 3 N–H and O–H groups in total. The Bertz CT molecular complexity index is 950. The number of nitrogens with one attached hydrogen (secondary N) is 3. The van der Waals surface area contributed by atoms with Crippen molar-refractivity contribution in [3.05, 3.63) is 42.6 Å². The molecule has 4 rings (SSSR count). The molecular formula is C23H28N4O2. The van der Waals surface area contributed by atoms with E-state index in [1.165, 1.54) is 0 Å². The Morgan fingerprint density at radius 3 is 1.83 bits per heavy atom. The summed E-state index contributed by atoms with van der Waals surface area (Å²) in [4.78, 5) is 28.8. The minimum absolute atomic E-state index is 0.0612. The maximum Gasteiger partial charge on any atom is 0.228 e. The molecule has 0 radical (unpaired) electrons. The molecule has 2 unspecified atom stereocenters. The highest BCUT2D eigenvalue weighted by Gasteiger charge is 2.51. The van der Waals surface area contributed by atoms with Gasteiger partial charge >= 0.3 is 0 Å². The first-order valence-corrected chi connectivity index (χ1v) is 10.1. The molecule has 2 aromatic rings. The fraction of sp³-hybridized carbons (Fsp3) is 0.435. The monoisotopic (exact) mass is 392 g/mol. The van der Waals surface area contributed by atoms with Crippen LogP contribution in [0.5, 0.6) is 0 Å². The second-order valence-electron chi connectivity index (χ2n) is 9.60. The number of pyridine rings is 1. The van der Waals surface area contributed by atoms with Crippen LogP contribution in [0.4, 0.5) is 22.9 Å². The molecular weight excluding hydrogens is 364 g/mol. The summed E-state index contributed by atoms with van der Waals surface area (Å²) in [6.45, 7) is 8.43. The third-order valence-electron chi connectivity index (χ3n) is 6.11. The second-order valence-corrected chi connectivity index (χ2v) is 9.60. The molecule has 6 heteroatoms. The van der Waals surface area contributed by atoms with E-state index in [9.17, 15) is 9.59 Å². The zero-order chi connectivity index (χ0) is 20.8. The molecule has 2 saturated carbocycles. The number of aromatic nitrogens is 1. The van der Waals surface area contributed by atoms with E-state index in [-0.39, 0.29) is 34.5 Å². The predicted molar refractivity (Wildman–Crippen MR) is 115 cm³/mol. The summed E-state index contributed by atoms with van der Waals surface area (Å²) in [5.41, 5.74) is 2.59. The number of benzene rings is 1. The van der Waals surface area contributed by atoms with E-state index in [0.717, 1.165) is 29.9 Å². The molecule has 152 valence electrons. The van der Waals surface area contributed by atoms with Crippen LogP contribution in [0.15, 0.2) is 42.6 Å². The number of carbonyl (C=O) groups excluding carboxylic acids is 2. The maximum atomic E-state index is 12.3. The van der Waals surface area contributed by atoms with E-state index in [4.69, 9.17) is 0 Å². The smallest absolute Gasteiger partial charge is 0.228 e. The lowest BCUT2D eigenvalue weighted by Gasteiger charge is -2.11. The van der Waals surface area contributed by atoms with Gasteiger partial charge in [0, 0.05) is 41.2 Å². The van der Waals surface area contributed by atoms with Gasteiger partial charge < -0.3 is 16.0 Å². The van der Waals surface area contributed by atoms with Gasteiger partial charge in [0.25, 0.3) is 0 Å². The van der Waals surface area contributed by atoms with Gasteiger partial charge in [-0.05, 0) is 54.0 Å². The highest BCUT2D eigenvalue weighted by molar-refractivity contribution is 5.96. The fourth-order valence-corrected chi connectivity index (χ4v) is 3.65. The summed E-state index contributed by atoms with van der Waals surface area (Å²) in [6, 6.07) is 11.1. The zero-order valence-electron chi connectivity index (χ0n) is 17.4. The van der Waals surface area contributed by atoms with Crippen molar-refractivity contribution in [2.75, 3.05) is 16.0 Å². The molecule has 2 aliphatic rings. The van der Waals surface area contributed by atoms with Gasteiger partial charge in [-0.15, -0.1) is 0 Å². The van der Waals surface area contributed by atoms with Gasteiger partial charge in [0.05, 0.1) is 0 Å². The fourth-order valence-electron chi connectivity index (χ4n) is 3.65. The van der Waals surface area contributed by atoms with Crippen LogP contribution in [0.1, 0.15) is 40.5 Å². The van der Waals surface area contributed by atoms with Crippen LogP contribution >= 0.6 is 0 Å². The Balaban J connectivity index is 1.34. The lowest BCUT2D eigenvalue weighted by atomic mass is 10.1. The molecule has 2 aliphatic carbocycles. The number of carbonyl (C=O) groups is 2. The Morgan fingerprint density at radius 2 is 1.31 bits per heavy atom. The lowest BCUT2D eigenvalue weighted by molar-refractivity contribution is -0.118. The number of hydrogen-bond donors (Lipinski definition) is 3. The summed E-state index contributed by atoms with van der Waals surface area (Å²) >= 11 is 0. The van der Waals surface area contributed by atoms with Gasteiger partial charge in [-0.2, -0.15) is 0 Å². The van der Waals surface area contributed by atoms with E-state index in [1.807, 2.05) is 30.3 Å². The van der Waals surface area contributed by atoms with E-state index in [0.29, 0.717) is 5.82 Å². The molecule has 0 bridgehead atoms. The summed E-state index contributed by atoms with van der Waals surface area (Å²) in [6.07, 6.45) is 3.54. The summed E-state index contributed by atoms with van der Waals surface area (Å²) in [5.74, 6) is 0.972. The van der Waals surface area contributed by atoms with Crippen molar-refractivity contribution in [1.82, 2.24) is 4.98 Å². The van der Waals surface area contributed by atoms with Crippen molar-refractivity contribution < 1.29 is 9.59 Å². The highest BCUT2D eigenvalue weighted by Crippen LogP contribution is 2.52. The van der Waals surface area contributed by atoms with Gasteiger partial charge in [-0.1, -0.05) is 27.7 Å². The molecule has 2 amide bonds. The normalized spacial score (nSPS) is 23.0. The van der Waals surface area contributed by atoms with Crippen LogP contribution in [0.25, 0.3) is 0 Å². The molecule has 2 fully saturated rings. The predicted octanol–water partition coefficient (Wildman–Crippen LogP) is 4.79. The third kappa shape index (κ3) is 4.42. The summed E-state index contributed by atoms with van der Waals surface area (Å²) in [5, 5.41) is 9.18. The molecule has 2 atom stereocenters. The molecule has 0 aliphatic heterocycles. The Labute approximate surface area is 171 Å². The zero-order valence-corrected chi connectivity index (χ0v) is 17.4. The topological polar surface area (TPSA) is 83.1 Å². The molecule has 29 heavy (non-hydrogen) atoms.